The lowest BCUT2D eigenvalue weighted by Crippen LogP contribution is -2.31. The molecule has 0 aromatic heterocycles. The van der Waals surface area contributed by atoms with Gasteiger partial charge in [-0.2, -0.15) is 0 Å². The molecular weight excluding hydrogens is 332 g/mol. The third-order valence-corrected chi connectivity index (χ3v) is 2.97. The quantitative estimate of drug-likeness (QED) is 0.653. The van der Waals surface area contributed by atoms with Crippen molar-refractivity contribution >= 4 is 33.5 Å². The minimum absolute atomic E-state index is 0.167. The second-order valence-electron chi connectivity index (χ2n) is 3.99. The summed E-state index contributed by atoms with van der Waals surface area (Å²) >= 11 is 3.11. The van der Waals surface area contributed by atoms with Gasteiger partial charge < -0.3 is 10.1 Å². The lowest BCUT2D eigenvalue weighted by molar-refractivity contribution is -0.385. The van der Waals surface area contributed by atoms with E-state index in [1.807, 2.05) is 0 Å². The first-order chi connectivity index (χ1) is 9.35. The van der Waals surface area contributed by atoms with Crippen molar-refractivity contribution in [3.05, 3.63) is 32.3 Å². The summed E-state index contributed by atoms with van der Waals surface area (Å²) in [6, 6.07) is 2.89. The number of benzene rings is 1. The van der Waals surface area contributed by atoms with E-state index >= 15 is 0 Å². The molecule has 1 aromatic rings. The summed E-state index contributed by atoms with van der Waals surface area (Å²) in [6.07, 6.45) is -0.631. The molecule has 0 bridgehead atoms. The first-order valence-electron chi connectivity index (χ1n) is 5.77. The minimum atomic E-state index is -0.917. The lowest BCUT2D eigenvalue weighted by atomic mass is 10.2. The average Bonchev–Trinajstić information content (AvgIpc) is 2.38. The number of aryl methyl sites for hydroxylation is 1. The highest BCUT2D eigenvalue weighted by Gasteiger charge is 2.22. The van der Waals surface area contributed by atoms with Crippen LogP contribution in [-0.4, -0.2) is 23.3 Å². The van der Waals surface area contributed by atoms with E-state index in [9.17, 15) is 19.7 Å². The summed E-state index contributed by atoms with van der Waals surface area (Å²) in [5, 5.41) is 13.2. The summed E-state index contributed by atoms with van der Waals surface area (Å²) in [4.78, 5) is 32.9. The molecule has 1 amide bonds. The van der Waals surface area contributed by atoms with Gasteiger partial charge in [0.1, 0.15) is 0 Å². The van der Waals surface area contributed by atoms with Gasteiger partial charge >= 0.3 is 11.8 Å². The van der Waals surface area contributed by atoms with Crippen LogP contribution in [0.1, 0.15) is 18.9 Å². The van der Waals surface area contributed by atoms with Crippen LogP contribution in [-0.2, 0) is 4.79 Å². The van der Waals surface area contributed by atoms with E-state index in [0.717, 1.165) is 0 Å². The van der Waals surface area contributed by atoms with E-state index in [-0.39, 0.29) is 30.2 Å². The molecule has 0 atom stereocenters. The van der Waals surface area contributed by atoms with Crippen LogP contribution in [0.25, 0.3) is 0 Å². The van der Waals surface area contributed by atoms with Gasteiger partial charge in [-0.05, 0) is 34.5 Å². The van der Waals surface area contributed by atoms with Crippen LogP contribution in [0.15, 0.2) is 16.6 Å². The smallest absolute Gasteiger partial charge is 0.402 e. The maximum absolute atomic E-state index is 11.5. The average molecular weight is 345 g/mol. The molecule has 0 heterocycles. The van der Waals surface area contributed by atoms with Crippen LogP contribution in [0.3, 0.4) is 0 Å². The third-order valence-electron chi connectivity index (χ3n) is 2.38. The highest BCUT2D eigenvalue weighted by Crippen LogP contribution is 2.36. The second-order valence-corrected chi connectivity index (χ2v) is 4.84. The Balaban J connectivity index is 2.89. The van der Waals surface area contributed by atoms with E-state index in [2.05, 4.69) is 21.2 Å². The Hall–Kier alpha value is -1.96. The van der Waals surface area contributed by atoms with Crippen molar-refractivity contribution in [2.45, 2.75) is 20.3 Å². The van der Waals surface area contributed by atoms with Crippen LogP contribution in [0.2, 0.25) is 0 Å². The van der Waals surface area contributed by atoms with Crippen LogP contribution in [0.4, 0.5) is 10.5 Å². The summed E-state index contributed by atoms with van der Waals surface area (Å²) in [5.74, 6) is -0.360. The van der Waals surface area contributed by atoms with E-state index < -0.39 is 11.0 Å². The zero-order chi connectivity index (χ0) is 15.3. The fourth-order valence-corrected chi connectivity index (χ4v) is 2.02. The molecule has 0 fully saturated rings. The monoisotopic (exact) mass is 344 g/mol. The van der Waals surface area contributed by atoms with Gasteiger partial charge in [0.15, 0.2) is 5.78 Å². The predicted molar refractivity (Wildman–Crippen MR) is 74.9 cm³/mol. The molecule has 108 valence electrons. The van der Waals surface area contributed by atoms with Crippen LogP contribution in [0.5, 0.6) is 5.75 Å². The Morgan fingerprint density at radius 1 is 1.45 bits per heavy atom. The fourth-order valence-electron chi connectivity index (χ4n) is 1.37. The van der Waals surface area contributed by atoms with Gasteiger partial charge in [-0.25, -0.2) is 4.79 Å². The molecule has 1 N–H and O–H groups in total. The minimum Gasteiger partial charge on any atom is -0.402 e. The molecule has 0 unspecified atom stereocenters. The maximum atomic E-state index is 11.5. The molecular formula is C12H13BrN2O5. The van der Waals surface area contributed by atoms with Crippen molar-refractivity contribution in [2.75, 3.05) is 6.54 Å². The van der Waals surface area contributed by atoms with Crippen molar-refractivity contribution in [1.82, 2.24) is 5.32 Å². The predicted octanol–water partition coefficient (Wildman–Crippen LogP) is 2.73. The molecule has 7 nitrogen and oxygen atoms in total. The topological polar surface area (TPSA) is 98.5 Å². The molecule has 20 heavy (non-hydrogen) atoms. The highest BCUT2D eigenvalue weighted by atomic mass is 79.9. The zero-order valence-corrected chi connectivity index (χ0v) is 12.5. The van der Waals surface area contributed by atoms with Crippen molar-refractivity contribution < 1.29 is 19.2 Å². The first-order valence-corrected chi connectivity index (χ1v) is 6.56. The molecule has 1 rings (SSSR count). The number of halogens is 1. The van der Waals surface area contributed by atoms with Crippen LogP contribution < -0.4 is 10.1 Å². The standard InChI is InChI=1S/C12H13BrN2O5/c1-3-8(16)6-14-12(17)20-11-9(13)4-7(2)5-10(11)15(18)19/h4-5H,3,6H2,1-2H3,(H,14,17). The number of nitro groups is 1. The summed E-state index contributed by atoms with van der Waals surface area (Å²) in [7, 11) is 0. The highest BCUT2D eigenvalue weighted by molar-refractivity contribution is 9.10. The van der Waals surface area contributed by atoms with E-state index in [0.29, 0.717) is 10.0 Å². The van der Waals surface area contributed by atoms with Crippen molar-refractivity contribution in [3.63, 3.8) is 0 Å². The van der Waals surface area contributed by atoms with Gasteiger partial charge in [0.2, 0.25) is 5.75 Å². The number of hydrogen-bond acceptors (Lipinski definition) is 5. The molecule has 1 aromatic carbocycles. The molecule has 0 aliphatic rings. The summed E-state index contributed by atoms with van der Waals surface area (Å²) in [6.45, 7) is 3.17. The van der Waals surface area contributed by atoms with Crippen LogP contribution >= 0.6 is 15.9 Å². The molecule has 0 aliphatic heterocycles. The second kappa shape index (κ2) is 6.99. The van der Waals surface area contributed by atoms with Crippen LogP contribution in [0, 0.1) is 17.0 Å². The van der Waals surface area contributed by atoms with Crippen molar-refractivity contribution in [2.24, 2.45) is 0 Å². The van der Waals surface area contributed by atoms with Gasteiger partial charge in [-0.15, -0.1) is 0 Å². The molecule has 0 saturated carbocycles. The number of nitro benzene ring substituents is 1. The van der Waals surface area contributed by atoms with Gasteiger partial charge in [0, 0.05) is 12.5 Å². The molecule has 0 saturated heterocycles. The lowest BCUT2D eigenvalue weighted by Gasteiger charge is -2.08. The Morgan fingerprint density at radius 3 is 2.65 bits per heavy atom. The normalized spacial score (nSPS) is 9.95. The molecule has 0 spiro atoms. The van der Waals surface area contributed by atoms with Gasteiger partial charge in [-0.3, -0.25) is 14.9 Å². The molecule has 8 heteroatoms. The number of ether oxygens (including phenoxy) is 1. The number of hydrogen-bond donors (Lipinski definition) is 1. The molecule has 0 radical (unpaired) electrons. The third kappa shape index (κ3) is 4.30. The molecule has 0 aliphatic carbocycles. The van der Waals surface area contributed by atoms with E-state index in [4.69, 9.17) is 4.74 Å². The summed E-state index contributed by atoms with van der Waals surface area (Å²) < 4.78 is 5.19. The van der Waals surface area contributed by atoms with Crippen molar-refractivity contribution in [1.29, 1.82) is 0 Å². The Labute approximate surface area is 123 Å². The SMILES string of the molecule is CCC(=O)CNC(=O)Oc1c(Br)cc(C)cc1[N+](=O)[O-]. The largest absolute Gasteiger partial charge is 0.413 e. The number of rotatable bonds is 5. The summed E-state index contributed by atoms with van der Waals surface area (Å²) in [5.41, 5.74) is 0.325. The first kappa shape index (κ1) is 16.1. The number of amides is 1. The van der Waals surface area contributed by atoms with Crippen molar-refractivity contribution in [3.8, 4) is 5.75 Å². The number of nitrogens with one attached hydrogen (secondary N) is 1. The number of ketones is 1. The Bertz CT molecular complexity index is 559. The number of carbonyl (C=O) groups is 2. The van der Waals surface area contributed by atoms with Gasteiger partial charge in [0.25, 0.3) is 0 Å². The number of nitrogens with zero attached hydrogens (tertiary/aromatic N) is 1. The number of carbonyl (C=O) groups excluding carboxylic acids is 2. The van der Waals surface area contributed by atoms with E-state index in [1.165, 1.54) is 6.07 Å². The number of Topliss-reactive ketones (excluding diaryl/α,β-unsaturated/α-hetero) is 1. The van der Waals surface area contributed by atoms with E-state index in [1.54, 1.807) is 19.9 Å². The Kier molecular flexibility index (Phi) is 5.63. The zero-order valence-electron chi connectivity index (χ0n) is 10.9. The Morgan fingerprint density at radius 2 is 2.10 bits per heavy atom. The van der Waals surface area contributed by atoms with Gasteiger partial charge in [-0.1, -0.05) is 6.92 Å². The van der Waals surface area contributed by atoms with Gasteiger partial charge in [0.05, 0.1) is 15.9 Å². The fraction of sp³-hybridized carbons (Fsp3) is 0.333. The maximum Gasteiger partial charge on any atom is 0.413 e.